The van der Waals surface area contributed by atoms with Crippen molar-refractivity contribution in [2.24, 2.45) is 11.8 Å². The summed E-state index contributed by atoms with van der Waals surface area (Å²) >= 11 is 0. The second kappa shape index (κ2) is 12.6. The van der Waals surface area contributed by atoms with Crippen LogP contribution in [0.15, 0.2) is 48.5 Å². The summed E-state index contributed by atoms with van der Waals surface area (Å²) in [5, 5.41) is 0. The van der Waals surface area contributed by atoms with Gasteiger partial charge >= 0.3 is 6.11 Å². The molecule has 0 radical (unpaired) electrons. The van der Waals surface area contributed by atoms with Crippen LogP contribution in [-0.2, 0) is 9.47 Å². The summed E-state index contributed by atoms with van der Waals surface area (Å²) in [5.74, 6) is -7.78. The second-order valence-electron chi connectivity index (χ2n) is 11.0. The fraction of sp³-hybridized carbons (Fsp3) is 0.438. The Labute approximate surface area is 239 Å². The van der Waals surface area contributed by atoms with Gasteiger partial charge in [0, 0.05) is 23.1 Å². The van der Waals surface area contributed by atoms with Crippen LogP contribution in [-0.4, -0.2) is 19.3 Å². The summed E-state index contributed by atoms with van der Waals surface area (Å²) < 4.78 is 117. The van der Waals surface area contributed by atoms with Crippen molar-refractivity contribution in [3.05, 3.63) is 88.7 Å². The van der Waals surface area contributed by atoms with Crippen LogP contribution in [0.5, 0.6) is 5.75 Å². The molecule has 42 heavy (non-hydrogen) atoms. The molecule has 3 nitrogen and oxygen atoms in total. The van der Waals surface area contributed by atoms with Gasteiger partial charge in [-0.1, -0.05) is 25.5 Å². The molecule has 1 saturated heterocycles. The van der Waals surface area contributed by atoms with Crippen LogP contribution in [0.4, 0.5) is 30.7 Å². The minimum absolute atomic E-state index is 0.0568. The van der Waals surface area contributed by atoms with Crippen molar-refractivity contribution in [3.63, 3.8) is 0 Å². The van der Waals surface area contributed by atoms with E-state index in [2.05, 4.69) is 6.92 Å². The minimum atomic E-state index is -3.64. The standard InChI is InChI=1S/C32H31F7O3/c1-2-3-18-16-40-31(41-17-18)20-6-10-24(26(33)12-20)19-4-7-22(8-5-19)32(38,39)42-23-9-11-25(27(34)15-23)21-13-28(35)30(37)29(36)14-21/h6,9-15,18-19,22,31H,2-5,7-8,16-17H2,1H3. The van der Waals surface area contributed by atoms with E-state index in [0.29, 0.717) is 61.3 Å². The highest BCUT2D eigenvalue weighted by atomic mass is 19.3. The molecule has 1 aliphatic carbocycles. The Balaban J connectivity index is 1.19. The van der Waals surface area contributed by atoms with Crippen molar-refractivity contribution >= 4 is 0 Å². The highest BCUT2D eigenvalue weighted by Gasteiger charge is 2.44. The lowest BCUT2D eigenvalue weighted by Gasteiger charge is -2.34. The number of benzene rings is 3. The quantitative estimate of drug-likeness (QED) is 0.192. The predicted molar refractivity (Wildman–Crippen MR) is 141 cm³/mol. The average Bonchev–Trinajstić information content (AvgIpc) is 2.96. The maximum atomic E-state index is 15.1. The van der Waals surface area contributed by atoms with Gasteiger partial charge < -0.3 is 14.2 Å². The van der Waals surface area contributed by atoms with Crippen molar-refractivity contribution in [3.8, 4) is 16.9 Å². The molecule has 0 spiro atoms. The van der Waals surface area contributed by atoms with Crippen LogP contribution in [0, 0.1) is 40.9 Å². The highest BCUT2D eigenvalue weighted by molar-refractivity contribution is 5.65. The van der Waals surface area contributed by atoms with Gasteiger partial charge in [0.2, 0.25) is 0 Å². The third-order valence-corrected chi connectivity index (χ3v) is 8.09. The van der Waals surface area contributed by atoms with Crippen molar-refractivity contribution in [2.45, 2.75) is 63.8 Å². The first-order valence-electron chi connectivity index (χ1n) is 14.1. The Morgan fingerprint density at radius 2 is 1.45 bits per heavy atom. The van der Waals surface area contributed by atoms with Gasteiger partial charge in [-0.15, -0.1) is 0 Å². The molecule has 0 bridgehead atoms. The van der Waals surface area contributed by atoms with Crippen molar-refractivity contribution < 1.29 is 44.9 Å². The molecule has 10 heteroatoms. The summed E-state index contributed by atoms with van der Waals surface area (Å²) in [4.78, 5) is 0. The van der Waals surface area contributed by atoms with E-state index in [4.69, 9.17) is 14.2 Å². The molecule has 0 aromatic heterocycles. The average molecular weight is 597 g/mol. The van der Waals surface area contributed by atoms with Gasteiger partial charge in [0.25, 0.3) is 0 Å². The van der Waals surface area contributed by atoms with Gasteiger partial charge in [-0.05, 0) is 79.5 Å². The third kappa shape index (κ3) is 6.59. The number of ether oxygens (including phenoxy) is 3. The van der Waals surface area contributed by atoms with Gasteiger partial charge in [0.1, 0.15) is 17.4 Å². The van der Waals surface area contributed by atoms with E-state index in [9.17, 15) is 17.6 Å². The van der Waals surface area contributed by atoms with E-state index in [0.717, 1.165) is 25.0 Å². The lowest BCUT2D eigenvalue weighted by molar-refractivity contribution is -0.222. The van der Waals surface area contributed by atoms with E-state index in [1.807, 2.05) is 0 Å². The number of rotatable bonds is 8. The third-order valence-electron chi connectivity index (χ3n) is 8.09. The zero-order valence-corrected chi connectivity index (χ0v) is 23.0. The summed E-state index contributed by atoms with van der Waals surface area (Å²) in [5.41, 5.74) is 0.430. The number of hydrogen-bond donors (Lipinski definition) is 0. The maximum absolute atomic E-state index is 15.1. The van der Waals surface area contributed by atoms with Gasteiger partial charge in [-0.3, -0.25) is 0 Å². The monoisotopic (exact) mass is 596 g/mol. The molecule has 0 atom stereocenters. The fourth-order valence-corrected chi connectivity index (χ4v) is 5.82. The summed E-state index contributed by atoms with van der Waals surface area (Å²) in [6.45, 7) is 3.19. The van der Waals surface area contributed by atoms with Gasteiger partial charge in [0.15, 0.2) is 23.7 Å². The lowest BCUT2D eigenvalue weighted by Crippen LogP contribution is -2.37. The smallest absolute Gasteiger partial charge is 0.400 e. The lowest BCUT2D eigenvalue weighted by atomic mass is 9.78. The molecular formula is C32H31F7O3. The van der Waals surface area contributed by atoms with Crippen LogP contribution in [0.1, 0.15) is 68.8 Å². The Hall–Kier alpha value is -3.11. The first kappa shape index (κ1) is 30.4. The molecule has 0 amide bonds. The zero-order valence-electron chi connectivity index (χ0n) is 23.0. The van der Waals surface area contributed by atoms with Crippen LogP contribution >= 0.6 is 0 Å². The van der Waals surface area contributed by atoms with E-state index in [-0.39, 0.29) is 29.9 Å². The van der Waals surface area contributed by atoms with Crippen LogP contribution in [0.3, 0.4) is 0 Å². The highest BCUT2D eigenvalue weighted by Crippen LogP contribution is 2.44. The maximum Gasteiger partial charge on any atom is 0.400 e. The molecular weight excluding hydrogens is 565 g/mol. The number of halogens is 7. The first-order chi connectivity index (χ1) is 20.1. The summed E-state index contributed by atoms with van der Waals surface area (Å²) in [7, 11) is 0. The molecule has 1 saturated carbocycles. The summed E-state index contributed by atoms with van der Waals surface area (Å²) in [6.07, 6.45) is -1.51. The van der Waals surface area contributed by atoms with Crippen LogP contribution < -0.4 is 4.74 Å². The largest absolute Gasteiger partial charge is 0.432 e. The van der Waals surface area contributed by atoms with Gasteiger partial charge in [-0.25, -0.2) is 22.0 Å². The molecule has 0 unspecified atom stereocenters. The second-order valence-corrected chi connectivity index (χ2v) is 11.0. The zero-order chi connectivity index (χ0) is 30.0. The van der Waals surface area contributed by atoms with Gasteiger partial charge in [-0.2, -0.15) is 8.78 Å². The molecule has 2 aliphatic rings. The molecule has 1 heterocycles. The molecule has 226 valence electrons. The fourth-order valence-electron chi connectivity index (χ4n) is 5.82. The Bertz CT molecular complexity index is 1370. The number of alkyl halides is 2. The Kier molecular flexibility index (Phi) is 9.13. The van der Waals surface area contributed by atoms with Crippen molar-refractivity contribution in [1.82, 2.24) is 0 Å². The predicted octanol–water partition coefficient (Wildman–Crippen LogP) is 9.46. The molecule has 2 fully saturated rings. The molecule has 5 rings (SSSR count). The topological polar surface area (TPSA) is 27.7 Å². The van der Waals surface area contributed by atoms with E-state index < -0.39 is 53.2 Å². The van der Waals surface area contributed by atoms with Crippen LogP contribution in [0.2, 0.25) is 0 Å². The Morgan fingerprint density at radius 1 is 0.786 bits per heavy atom. The SMILES string of the molecule is CCCC1COC(c2ccc(C3CCC(C(F)(F)Oc4ccc(-c5cc(F)c(F)c(F)c5)c(F)c4)CC3)c(F)c2)OC1. The molecule has 1 aliphatic heterocycles. The van der Waals surface area contributed by atoms with E-state index in [1.54, 1.807) is 12.1 Å². The van der Waals surface area contributed by atoms with E-state index in [1.165, 1.54) is 6.07 Å². The van der Waals surface area contributed by atoms with E-state index >= 15 is 13.2 Å². The normalized spacial score (nSPS) is 23.1. The minimum Gasteiger partial charge on any atom is -0.432 e. The van der Waals surface area contributed by atoms with Crippen molar-refractivity contribution in [2.75, 3.05) is 13.2 Å². The molecule has 3 aromatic rings. The first-order valence-corrected chi connectivity index (χ1v) is 14.1. The summed E-state index contributed by atoms with van der Waals surface area (Å²) in [6, 6.07) is 8.80. The molecule has 0 N–H and O–H groups in total. The molecule has 3 aromatic carbocycles. The number of hydrogen-bond acceptors (Lipinski definition) is 3. The van der Waals surface area contributed by atoms with Crippen molar-refractivity contribution in [1.29, 1.82) is 0 Å². The van der Waals surface area contributed by atoms with Crippen LogP contribution in [0.25, 0.3) is 11.1 Å². The Morgan fingerprint density at radius 3 is 2.05 bits per heavy atom. The van der Waals surface area contributed by atoms with Gasteiger partial charge in [0.05, 0.1) is 19.1 Å².